The molecule has 1 heterocycles. The number of phenolic OH excluding ortho intramolecular Hbond substituents is 2. The molecule has 58 heavy (non-hydrogen) atoms. The number of hydrogen-bond acceptors (Lipinski definition) is 12. The van der Waals surface area contributed by atoms with E-state index in [2.05, 4.69) is 21.3 Å². The quantitative estimate of drug-likeness (QED) is 0.0743. The number of nitro benzene ring substituents is 1. The topological polar surface area (TPSA) is 245 Å². The normalized spacial score (nSPS) is 18.2. The standard InChI is InChI=1S/C40H48FN5O12/c1-8-20(2)33-37(51)42-27(35(49)43-29(38(52)57-7)16-22-9-11-26(41)30(18-22)46(54)55)17-23-14-25(34(48)31(47)19-23)24-13-21(10-12-32(24)56-6)15-28(36(50)45-33)44-39(53)58-40(3,4)5/h9-14,18-20,27-29,33,47-48H,8,15-17H2,1-7H3,(H,42,51)(H,43,49)(H,44,53)(H,45,50)/t20-,27-,28?,29-,33-/m0/s1. The number of esters is 1. The van der Waals surface area contributed by atoms with Gasteiger partial charge in [-0.2, -0.15) is 4.39 Å². The molecule has 0 fully saturated rings. The number of nitrogens with zero attached hydrogens (tertiary/aromatic N) is 1. The summed E-state index contributed by atoms with van der Waals surface area (Å²) in [5, 5.41) is 43.9. The highest BCUT2D eigenvalue weighted by molar-refractivity contribution is 5.95. The number of hydrogen-bond donors (Lipinski definition) is 6. The number of carbonyl (C=O) groups is 5. The summed E-state index contributed by atoms with van der Waals surface area (Å²) < 4.78 is 30.0. The Morgan fingerprint density at radius 3 is 2.29 bits per heavy atom. The monoisotopic (exact) mass is 809 g/mol. The number of nitro groups is 1. The molecule has 1 unspecified atom stereocenters. The van der Waals surface area contributed by atoms with Crippen LogP contribution in [0, 0.1) is 21.8 Å². The minimum Gasteiger partial charge on any atom is -0.504 e. The van der Waals surface area contributed by atoms with Crippen molar-refractivity contribution in [1.29, 1.82) is 0 Å². The number of alkyl carbamates (subject to hydrolysis) is 1. The molecule has 0 aromatic heterocycles. The fourth-order valence-electron chi connectivity index (χ4n) is 6.32. The Bertz CT molecular complexity index is 2070. The van der Waals surface area contributed by atoms with Gasteiger partial charge >= 0.3 is 17.7 Å². The lowest BCUT2D eigenvalue weighted by Crippen LogP contribution is -2.60. The van der Waals surface area contributed by atoms with Crippen LogP contribution in [0.1, 0.15) is 57.7 Å². The second-order valence-electron chi connectivity index (χ2n) is 14.9. The van der Waals surface area contributed by atoms with E-state index in [1.165, 1.54) is 25.3 Å². The fraction of sp³-hybridized carbons (Fsp3) is 0.425. The molecule has 6 N–H and O–H groups in total. The summed E-state index contributed by atoms with van der Waals surface area (Å²) in [6, 6.07) is 4.81. The van der Waals surface area contributed by atoms with Crippen molar-refractivity contribution in [3.8, 4) is 28.4 Å². The van der Waals surface area contributed by atoms with Crippen LogP contribution in [0.5, 0.6) is 17.2 Å². The predicted molar refractivity (Wildman–Crippen MR) is 206 cm³/mol. The summed E-state index contributed by atoms with van der Waals surface area (Å²) >= 11 is 0. The van der Waals surface area contributed by atoms with E-state index in [0.29, 0.717) is 12.0 Å². The van der Waals surface area contributed by atoms with Gasteiger partial charge in [0.05, 0.1) is 19.1 Å². The van der Waals surface area contributed by atoms with Crippen molar-refractivity contribution in [2.75, 3.05) is 14.2 Å². The Labute approximate surface area is 333 Å². The van der Waals surface area contributed by atoms with E-state index in [-0.39, 0.29) is 47.3 Å². The van der Waals surface area contributed by atoms with Gasteiger partial charge in [0.2, 0.25) is 23.5 Å². The molecule has 4 bridgehead atoms. The SMILES string of the molecule is CC[C@H](C)[C@@H]1NC(=O)C(NC(=O)OC(C)(C)C)Cc2ccc(OC)c(c2)-c2cc(cc(O)c2O)C[C@@H](C(=O)N[C@@H](Cc2ccc(F)c([N+](=O)[O-])c2)C(=O)OC)NC1=O. The van der Waals surface area contributed by atoms with Gasteiger partial charge in [0, 0.05) is 36.5 Å². The molecule has 0 aliphatic carbocycles. The molecule has 0 saturated carbocycles. The molecule has 17 nitrogen and oxygen atoms in total. The van der Waals surface area contributed by atoms with Gasteiger partial charge < -0.3 is 45.7 Å². The predicted octanol–water partition coefficient (Wildman–Crippen LogP) is 3.73. The first-order chi connectivity index (χ1) is 27.2. The van der Waals surface area contributed by atoms with Gasteiger partial charge in [-0.05, 0) is 73.7 Å². The molecule has 0 radical (unpaired) electrons. The Kier molecular flexibility index (Phi) is 14.2. The Balaban J connectivity index is 1.85. The van der Waals surface area contributed by atoms with Crippen molar-refractivity contribution in [3.63, 3.8) is 0 Å². The summed E-state index contributed by atoms with van der Waals surface area (Å²) in [6.45, 7) is 8.41. The second-order valence-corrected chi connectivity index (χ2v) is 14.9. The lowest BCUT2D eigenvalue weighted by Gasteiger charge is -2.29. The number of rotatable bonds is 10. The number of halogens is 1. The number of carbonyl (C=O) groups excluding carboxylic acids is 5. The van der Waals surface area contributed by atoms with Gasteiger partial charge in [-0.3, -0.25) is 24.5 Å². The minimum absolute atomic E-state index is 0.0537. The summed E-state index contributed by atoms with van der Waals surface area (Å²) in [5.41, 5.74) is -0.641. The molecule has 4 rings (SSSR count). The highest BCUT2D eigenvalue weighted by Crippen LogP contribution is 2.42. The van der Waals surface area contributed by atoms with Crippen LogP contribution in [0.25, 0.3) is 11.1 Å². The number of fused-ring (bicyclic) bond motifs is 5. The second kappa shape index (κ2) is 18.7. The van der Waals surface area contributed by atoms with Crippen LogP contribution in [0.4, 0.5) is 14.9 Å². The zero-order chi connectivity index (χ0) is 43.1. The molecule has 4 amide bonds. The molecule has 18 heteroatoms. The molecular formula is C40H48FN5O12. The minimum atomic E-state index is -1.53. The number of phenols is 2. The largest absolute Gasteiger partial charge is 0.504 e. The van der Waals surface area contributed by atoms with E-state index in [9.17, 15) is 48.7 Å². The zero-order valence-electron chi connectivity index (χ0n) is 33.1. The van der Waals surface area contributed by atoms with Crippen LogP contribution in [-0.2, 0) is 47.9 Å². The van der Waals surface area contributed by atoms with Gasteiger partial charge in [0.25, 0.3) is 0 Å². The summed E-state index contributed by atoms with van der Waals surface area (Å²) in [7, 11) is 2.43. The van der Waals surface area contributed by atoms with E-state index in [1.54, 1.807) is 52.8 Å². The number of benzene rings is 3. The Morgan fingerprint density at radius 1 is 0.983 bits per heavy atom. The summed E-state index contributed by atoms with van der Waals surface area (Å²) in [5.74, 6) is -6.01. The fourth-order valence-corrected chi connectivity index (χ4v) is 6.32. The summed E-state index contributed by atoms with van der Waals surface area (Å²) in [4.78, 5) is 78.9. The van der Waals surface area contributed by atoms with E-state index < -0.39 is 93.4 Å². The average Bonchev–Trinajstić information content (AvgIpc) is 3.16. The van der Waals surface area contributed by atoms with Crippen molar-refractivity contribution < 1.29 is 57.7 Å². The van der Waals surface area contributed by atoms with E-state index in [4.69, 9.17) is 14.2 Å². The molecule has 5 atom stereocenters. The van der Waals surface area contributed by atoms with Crippen molar-refractivity contribution in [2.24, 2.45) is 5.92 Å². The third kappa shape index (κ3) is 11.1. The number of methoxy groups -OCH3 is 2. The third-order valence-electron chi connectivity index (χ3n) is 9.47. The molecule has 0 saturated heterocycles. The van der Waals surface area contributed by atoms with E-state index in [0.717, 1.165) is 19.2 Å². The maximum absolute atomic E-state index is 14.2. The van der Waals surface area contributed by atoms with Crippen LogP contribution in [0.2, 0.25) is 0 Å². The van der Waals surface area contributed by atoms with Gasteiger partial charge in [0.1, 0.15) is 35.5 Å². The average molecular weight is 810 g/mol. The van der Waals surface area contributed by atoms with Gasteiger partial charge in [-0.25, -0.2) is 9.59 Å². The number of amides is 4. The van der Waals surface area contributed by atoms with Crippen molar-refractivity contribution in [2.45, 2.75) is 90.1 Å². The number of aromatic hydroxyl groups is 2. The molecule has 0 spiro atoms. The molecule has 3 aromatic rings. The smallest absolute Gasteiger partial charge is 0.408 e. The van der Waals surface area contributed by atoms with Crippen LogP contribution < -0.4 is 26.0 Å². The highest BCUT2D eigenvalue weighted by atomic mass is 19.1. The highest BCUT2D eigenvalue weighted by Gasteiger charge is 2.35. The first-order valence-electron chi connectivity index (χ1n) is 18.4. The molecular weight excluding hydrogens is 761 g/mol. The number of ether oxygens (including phenoxy) is 3. The summed E-state index contributed by atoms with van der Waals surface area (Å²) in [6.07, 6.45) is -1.38. The zero-order valence-corrected chi connectivity index (χ0v) is 33.1. The number of nitrogens with one attached hydrogen (secondary N) is 4. The lowest BCUT2D eigenvalue weighted by atomic mass is 9.94. The van der Waals surface area contributed by atoms with Crippen molar-refractivity contribution in [1.82, 2.24) is 21.3 Å². The Hall–Kier alpha value is -6.46. The molecule has 1 aliphatic heterocycles. The first kappa shape index (κ1) is 44.3. The first-order valence-corrected chi connectivity index (χ1v) is 18.4. The van der Waals surface area contributed by atoms with Gasteiger partial charge in [-0.1, -0.05) is 32.4 Å². The van der Waals surface area contributed by atoms with Crippen molar-refractivity contribution in [3.05, 3.63) is 81.2 Å². The van der Waals surface area contributed by atoms with E-state index in [1.807, 2.05) is 0 Å². The van der Waals surface area contributed by atoms with Crippen LogP contribution in [0.15, 0.2) is 48.5 Å². The molecule has 312 valence electrons. The van der Waals surface area contributed by atoms with Gasteiger partial charge in [-0.15, -0.1) is 0 Å². The van der Waals surface area contributed by atoms with Crippen molar-refractivity contribution >= 4 is 35.5 Å². The maximum Gasteiger partial charge on any atom is 0.408 e. The maximum atomic E-state index is 14.2. The lowest BCUT2D eigenvalue weighted by molar-refractivity contribution is -0.387. The molecule has 3 aromatic carbocycles. The van der Waals surface area contributed by atoms with Crippen LogP contribution in [0.3, 0.4) is 0 Å². The Morgan fingerprint density at radius 2 is 1.67 bits per heavy atom. The third-order valence-corrected chi connectivity index (χ3v) is 9.47. The van der Waals surface area contributed by atoms with Gasteiger partial charge in [0.15, 0.2) is 11.5 Å². The van der Waals surface area contributed by atoms with E-state index >= 15 is 0 Å². The molecule has 1 aliphatic rings. The van der Waals surface area contributed by atoms with Crippen LogP contribution >= 0.6 is 0 Å². The van der Waals surface area contributed by atoms with Crippen LogP contribution in [-0.4, -0.2) is 88.9 Å².